The van der Waals surface area contributed by atoms with Crippen molar-refractivity contribution in [3.8, 4) is 5.75 Å². The van der Waals surface area contributed by atoms with Gasteiger partial charge in [-0.1, -0.05) is 13.0 Å². The number of aliphatic hydroxyl groups excluding tert-OH is 3. The molecule has 4 rings (SSSR count). The third-order valence-electron chi connectivity index (χ3n) is 7.35. The number of Topliss-reactive ketones (excluding diaryl/α,β-unsaturated/α-hetero) is 2. The van der Waals surface area contributed by atoms with E-state index in [-0.39, 0.29) is 11.3 Å². The summed E-state index contributed by atoms with van der Waals surface area (Å²) >= 11 is 0. The summed E-state index contributed by atoms with van der Waals surface area (Å²) in [5.41, 5.74) is 0.755. The maximum absolute atomic E-state index is 13.6. The highest BCUT2D eigenvalue weighted by Crippen LogP contribution is 2.55. The minimum atomic E-state index is -2.97. The van der Waals surface area contributed by atoms with E-state index in [0.29, 0.717) is 12.0 Å². The highest BCUT2D eigenvalue weighted by Gasteiger charge is 2.67. The minimum absolute atomic E-state index is 0.0870. The molecule has 0 unspecified atom stereocenters. The monoisotopic (exact) mass is 487 g/mol. The van der Waals surface area contributed by atoms with Crippen LogP contribution >= 0.6 is 0 Å². The van der Waals surface area contributed by atoms with Crippen LogP contribution in [0, 0.1) is 11.8 Å². The van der Waals surface area contributed by atoms with Crippen LogP contribution in [0.25, 0.3) is 0 Å². The highest BCUT2D eigenvalue weighted by atomic mass is 16.4. The number of rotatable bonds is 4. The molecule has 0 fully saturated rings. The molecule has 12 nitrogen and oxygen atoms in total. The lowest BCUT2D eigenvalue weighted by atomic mass is 9.55. The van der Waals surface area contributed by atoms with Crippen molar-refractivity contribution < 1.29 is 44.7 Å². The van der Waals surface area contributed by atoms with E-state index in [2.05, 4.69) is 5.32 Å². The zero-order valence-electron chi connectivity index (χ0n) is 19.0. The summed E-state index contributed by atoms with van der Waals surface area (Å²) in [6.45, 7) is 1.61. The number of carbonyl (C=O) groups is 4. The van der Waals surface area contributed by atoms with E-state index in [4.69, 9.17) is 5.73 Å². The van der Waals surface area contributed by atoms with Crippen molar-refractivity contribution in [2.45, 2.75) is 30.6 Å². The number of hydrogen-bond donors (Lipinski definition) is 7. The minimum Gasteiger partial charge on any atom is -0.510 e. The molecule has 0 saturated heterocycles. The van der Waals surface area contributed by atoms with Crippen molar-refractivity contribution in [1.29, 1.82) is 0 Å². The van der Waals surface area contributed by atoms with Gasteiger partial charge in [-0.25, -0.2) is 0 Å². The van der Waals surface area contributed by atoms with Crippen LogP contribution in [0.4, 0.5) is 5.69 Å². The van der Waals surface area contributed by atoms with Crippen LogP contribution in [0.2, 0.25) is 0 Å². The summed E-state index contributed by atoms with van der Waals surface area (Å²) in [6, 6.07) is 1.52. The van der Waals surface area contributed by atoms with E-state index < -0.39 is 81.4 Å². The summed E-state index contributed by atoms with van der Waals surface area (Å²) in [4.78, 5) is 51.1. The Morgan fingerprint density at radius 1 is 1.20 bits per heavy atom. The molecule has 0 aromatic heterocycles. The van der Waals surface area contributed by atoms with E-state index in [1.54, 1.807) is 6.92 Å². The van der Waals surface area contributed by atoms with Crippen LogP contribution in [0.15, 0.2) is 34.8 Å². The molecule has 35 heavy (non-hydrogen) atoms. The Morgan fingerprint density at radius 3 is 2.37 bits per heavy atom. The SMILES string of the molecule is C[C@H]1c2ccc(NC=O)c(O)c2C(=O)C2=C(O)[C@]3(O)C(=O)C(C(N)=O)=C(O)[C@@H](N(C)C)[C@@H]3[C@@H](O)[C@@H]21. The second-order valence-corrected chi connectivity index (χ2v) is 9.24. The molecular formula is C23H25N3O9. The van der Waals surface area contributed by atoms with Crippen molar-refractivity contribution in [3.05, 3.63) is 45.9 Å². The summed E-state index contributed by atoms with van der Waals surface area (Å²) < 4.78 is 0. The fourth-order valence-corrected chi connectivity index (χ4v) is 5.80. The number of benzene rings is 1. The standard InChI is InChI=1S/C23H25N3O9/c1-7-8-4-5-9(25-6-27)16(28)11(8)17(29)12-10(7)18(30)14-15(26(2)3)19(31)13(22(24)34)21(33)23(14,35)20(12)32/h4-7,10,14-15,18,28,30-32,35H,1-3H3,(H2,24,34)(H,25,27)/t7-,10+,14+,15-,18-,23-/m0/s1. The first-order chi connectivity index (χ1) is 16.3. The molecule has 0 aliphatic heterocycles. The third-order valence-corrected chi connectivity index (χ3v) is 7.35. The van der Waals surface area contributed by atoms with Gasteiger partial charge >= 0.3 is 0 Å². The number of phenols is 1. The van der Waals surface area contributed by atoms with Crippen LogP contribution in [0.5, 0.6) is 5.75 Å². The van der Waals surface area contributed by atoms with Gasteiger partial charge in [0.05, 0.1) is 29.3 Å². The topological polar surface area (TPSA) is 211 Å². The number of likely N-dealkylation sites (N-methyl/N-ethyl adjacent to an activating group) is 1. The average Bonchev–Trinajstić information content (AvgIpc) is 2.77. The number of ketones is 2. The Balaban J connectivity index is 2.04. The molecule has 8 N–H and O–H groups in total. The van der Waals surface area contributed by atoms with Gasteiger partial charge in [0.25, 0.3) is 5.91 Å². The fourth-order valence-electron chi connectivity index (χ4n) is 5.80. The zero-order chi connectivity index (χ0) is 26.1. The maximum atomic E-state index is 13.6. The summed E-state index contributed by atoms with van der Waals surface area (Å²) in [6.07, 6.45) is -1.37. The van der Waals surface area contributed by atoms with Gasteiger partial charge in [0.1, 0.15) is 17.1 Å². The lowest BCUT2D eigenvalue weighted by Crippen LogP contribution is -2.68. The van der Waals surface area contributed by atoms with Gasteiger partial charge in [0.15, 0.2) is 17.1 Å². The molecule has 2 amide bonds. The molecular weight excluding hydrogens is 462 g/mol. The van der Waals surface area contributed by atoms with Crippen molar-refractivity contribution in [2.75, 3.05) is 19.4 Å². The van der Waals surface area contributed by atoms with Gasteiger partial charge in [0, 0.05) is 11.5 Å². The molecule has 6 atom stereocenters. The van der Waals surface area contributed by atoms with Gasteiger partial charge in [-0.2, -0.15) is 0 Å². The maximum Gasteiger partial charge on any atom is 0.255 e. The van der Waals surface area contributed by atoms with Gasteiger partial charge in [0.2, 0.25) is 12.2 Å². The number of phenolic OH excluding ortho intramolecular Hbond substituents is 1. The Labute approximate surface area is 199 Å². The molecule has 3 aliphatic rings. The molecule has 1 aromatic rings. The van der Waals surface area contributed by atoms with Crippen molar-refractivity contribution in [3.63, 3.8) is 0 Å². The van der Waals surface area contributed by atoms with Crippen molar-refractivity contribution in [2.24, 2.45) is 17.6 Å². The number of amides is 2. The summed E-state index contributed by atoms with van der Waals surface area (Å²) in [5.74, 6) is -9.72. The lowest BCUT2D eigenvalue weighted by Gasteiger charge is -2.53. The Kier molecular flexibility index (Phi) is 5.51. The van der Waals surface area contributed by atoms with Crippen LogP contribution in [-0.4, -0.2) is 86.2 Å². The van der Waals surface area contributed by atoms with Gasteiger partial charge in [-0.05, 0) is 31.6 Å². The third kappa shape index (κ3) is 2.97. The molecule has 0 heterocycles. The molecule has 0 saturated carbocycles. The second kappa shape index (κ2) is 7.90. The average molecular weight is 487 g/mol. The first kappa shape index (κ1) is 24.4. The number of fused-ring (bicyclic) bond motifs is 3. The predicted molar refractivity (Wildman–Crippen MR) is 119 cm³/mol. The predicted octanol–water partition coefficient (Wildman–Crippen LogP) is -0.779. The number of nitrogens with two attached hydrogens (primary N) is 1. The van der Waals surface area contributed by atoms with E-state index >= 15 is 0 Å². The Hall–Kier alpha value is -3.74. The molecule has 3 aliphatic carbocycles. The quantitative estimate of drug-likeness (QED) is 0.160. The number of nitrogens with zero attached hydrogens (tertiary/aromatic N) is 1. The molecule has 12 heteroatoms. The Morgan fingerprint density at radius 2 is 1.83 bits per heavy atom. The molecule has 1 aromatic carbocycles. The largest absolute Gasteiger partial charge is 0.510 e. The molecule has 0 spiro atoms. The number of hydrogen-bond acceptors (Lipinski definition) is 10. The zero-order valence-corrected chi connectivity index (χ0v) is 19.0. The molecule has 0 bridgehead atoms. The van der Waals surface area contributed by atoms with Crippen LogP contribution in [-0.2, 0) is 14.4 Å². The van der Waals surface area contributed by atoms with Gasteiger partial charge < -0.3 is 36.6 Å². The van der Waals surface area contributed by atoms with E-state index in [9.17, 15) is 44.7 Å². The van der Waals surface area contributed by atoms with E-state index in [1.165, 1.54) is 31.1 Å². The number of nitrogens with one attached hydrogen (secondary N) is 1. The number of aliphatic hydroxyl groups is 4. The van der Waals surface area contributed by atoms with Crippen molar-refractivity contribution in [1.82, 2.24) is 4.90 Å². The smallest absolute Gasteiger partial charge is 0.255 e. The normalized spacial score (nSPS) is 32.2. The van der Waals surface area contributed by atoms with Crippen LogP contribution in [0.3, 0.4) is 0 Å². The lowest BCUT2D eigenvalue weighted by molar-refractivity contribution is -0.162. The first-order valence-electron chi connectivity index (χ1n) is 10.7. The van der Waals surface area contributed by atoms with Crippen LogP contribution < -0.4 is 11.1 Å². The molecule has 186 valence electrons. The van der Waals surface area contributed by atoms with Crippen molar-refractivity contribution >= 4 is 29.6 Å². The number of anilines is 1. The fraction of sp³-hybridized carbons (Fsp3) is 0.391. The second-order valence-electron chi connectivity index (χ2n) is 9.24. The van der Waals surface area contributed by atoms with E-state index in [0.717, 1.165) is 0 Å². The highest BCUT2D eigenvalue weighted by molar-refractivity contribution is 6.25. The summed E-state index contributed by atoms with van der Waals surface area (Å²) in [5, 5.41) is 58.0. The first-order valence-corrected chi connectivity index (χ1v) is 10.7. The number of primary amides is 1. The molecule has 0 radical (unpaired) electrons. The summed E-state index contributed by atoms with van der Waals surface area (Å²) in [7, 11) is 2.92. The Bertz CT molecular complexity index is 1250. The van der Waals surface area contributed by atoms with Crippen LogP contribution in [0.1, 0.15) is 28.8 Å². The van der Waals surface area contributed by atoms with Gasteiger partial charge in [-0.15, -0.1) is 0 Å². The number of aromatic hydroxyl groups is 1. The van der Waals surface area contributed by atoms with E-state index in [1.807, 2.05) is 0 Å². The number of carbonyl (C=O) groups excluding carboxylic acids is 4. The van der Waals surface area contributed by atoms with Gasteiger partial charge in [-0.3, -0.25) is 24.1 Å².